The minimum Gasteiger partial charge on any atom is -0.478 e. The number of rotatable bonds is 4. The van der Waals surface area contributed by atoms with Crippen LogP contribution in [0.4, 0.5) is 0 Å². The zero-order valence-corrected chi connectivity index (χ0v) is 14.3. The Morgan fingerprint density at radius 1 is 0.889 bits per heavy atom. The number of para-hydroxylation sites is 1. The van der Waals surface area contributed by atoms with Crippen molar-refractivity contribution in [3.8, 4) is 22.2 Å². The van der Waals surface area contributed by atoms with Crippen LogP contribution in [0, 0.1) is 0 Å². The Labute approximate surface area is 155 Å². The zero-order chi connectivity index (χ0) is 19.0. The Kier molecular flexibility index (Phi) is 4.05. The third-order valence-corrected chi connectivity index (χ3v) is 4.75. The van der Waals surface area contributed by atoms with Gasteiger partial charge >= 0.3 is 11.9 Å². The summed E-state index contributed by atoms with van der Waals surface area (Å²) in [7, 11) is 0. The summed E-state index contributed by atoms with van der Waals surface area (Å²) in [6, 6.07) is 11.5. The Balaban J connectivity index is 1.89. The fraction of sp³-hybridized carbons (Fsp3) is 0. The molecule has 3 heterocycles. The van der Waals surface area contributed by atoms with Gasteiger partial charge in [0.2, 0.25) is 0 Å². The molecule has 0 bridgehead atoms. The lowest BCUT2D eigenvalue weighted by atomic mass is 10.2. The number of carbonyl (C=O) groups is 2. The number of aromatic carboxylic acids is 2. The monoisotopic (exact) mass is 378 g/mol. The second-order valence-corrected chi connectivity index (χ2v) is 6.52. The Bertz CT molecular complexity index is 1170. The van der Waals surface area contributed by atoms with Crippen molar-refractivity contribution in [2.75, 3.05) is 0 Å². The lowest BCUT2D eigenvalue weighted by Gasteiger charge is -2.05. The van der Waals surface area contributed by atoms with Crippen LogP contribution in [0.3, 0.4) is 0 Å². The van der Waals surface area contributed by atoms with E-state index in [-0.39, 0.29) is 22.8 Å². The first-order valence-corrected chi connectivity index (χ1v) is 8.51. The van der Waals surface area contributed by atoms with Crippen molar-refractivity contribution >= 4 is 33.5 Å². The minimum absolute atomic E-state index is 0.00543. The van der Waals surface area contributed by atoms with Crippen molar-refractivity contribution in [1.82, 2.24) is 19.9 Å². The molecule has 0 aliphatic heterocycles. The molecule has 8 nitrogen and oxygen atoms in total. The highest BCUT2D eigenvalue weighted by Crippen LogP contribution is 2.30. The summed E-state index contributed by atoms with van der Waals surface area (Å²) < 4.78 is 0.940. The molecule has 4 rings (SSSR count). The van der Waals surface area contributed by atoms with E-state index in [2.05, 4.69) is 19.9 Å². The molecular weight excluding hydrogens is 368 g/mol. The number of pyridine rings is 1. The summed E-state index contributed by atoms with van der Waals surface area (Å²) in [5.41, 5.74) is 1.06. The molecule has 27 heavy (non-hydrogen) atoms. The zero-order valence-electron chi connectivity index (χ0n) is 13.5. The Morgan fingerprint density at radius 3 is 2.44 bits per heavy atom. The van der Waals surface area contributed by atoms with E-state index in [0.29, 0.717) is 10.7 Å². The number of aromatic nitrogens is 4. The van der Waals surface area contributed by atoms with Crippen LogP contribution in [-0.2, 0) is 0 Å². The van der Waals surface area contributed by atoms with E-state index in [1.807, 2.05) is 24.3 Å². The largest absolute Gasteiger partial charge is 0.478 e. The van der Waals surface area contributed by atoms with Crippen molar-refractivity contribution < 1.29 is 19.8 Å². The molecule has 1 aromatic carbocycles. The summed E-state index contributed by atoms with van der Waals surface area (Å²) in [5, 5.41) is 19.1. The average Bonchev–Trinajstić information content (AvgIpc) is 3.12. The molecule has 0 unspecified atom stereocenters. The smallest absolute Gasteiger partial charge is 0.354 e. The molecular formula is C18H10N4O4S. The predicted octanol–water partition coefficient (Wildman–Crippen LogP) is 3.21. The van der Waals surface area contributed by atoms with Crippen LogP contribution in [0.1, 0.15) is 20.8 Å². The SMILES string of the molecule is O=C(O)c1ccnc(-c2nc(C(=O)O)cc(-c3nc4ccccc4s3)n2)c1. The van der Waals surface area contributed by atoms with Gasteiger partial charge in [0.05, 0.1) is 15.8 Å². The van der Waals surface area contributed by atoms with E-state index in [9.17, 15) is 14.7 Å². The van der Waals surface area contributed by atoms with Crippen LogP contribution >= 0.6 is 11.3 Å². The van der Waals surface area contributed by atoms with Crippen LogP contribution in [0.2, 0.25) is 0 Å². The maximum atomic E-state index is 11.5. The van der Waals surface area contributed by atoms with Crippen LogP contribution in [0.25, 0.3) is 32.4 Å². The second kappa shape index (κ2) is 6.54. The molecule has 0 radical (unpaired) electrons. The van der Waals surface area contributed by atoms with E-state index in [4.69, 9.17) is 5.11 Å². The standard InChI is InChI=1S/C18H10N4O4S/c23-17(24)9-5-6-19-11(7-9)15-20-12(8-13(21-15)18(25)26)16-22-10-3-1-2-4-14(10)27-16/h1-8H,(H,23,24)(H,25,26). The minimum atomic E-state index is -1.23. The molecule has 0 saturated carbocycles. The normalized spacial score (nSPS) is 10.8. The van der Waals surface area contributed by atoms with Gasteiger partial charge in [0, 0.05) is 12.3 Å². The molecule has 132 valence electrons. The molecule has 9 heteroatoms. The summed E-state index contributed by atoms with van der Waals surface area (Å²) in [5.74, 6) is -2.33. The van der Waals surface area contributed by atoms with E-state index in [1.165, 1.54) is 35.7 Å². The van der Waals surface area contributed by atoms with Gasteiger partial charge in [-0.25, -0.2) is 24.5 Å². The lowest BCUT2D eigenvalue weighted by molar-refractivity contribution is 0.0682. The van der Waals surface area contributed by atoms with Crippen molar-refractivity contribution in [3.05, 3.63) is 59.9 Å². The molecule has 0 aliphatic carbocycles. The maximum absolute atomic E-state index is 11.5. The van der Waals surface area contributed by atoms with Crippen LogP contribution in [-0.4, -0.2) is 42.1 Å². The van der Waals surface area contributed by atoms with Crippen LogP contribution in [0.5, 0.6) is 0 Å². The molecule has 2 N–H and O–H groups in total. The number of thiazole rings is 1. The average molecular weight is 378 g/mol. The Hall–Kier alpha value is -3.72. The van der Waals surface area contributed by atoms with Gasteiger partial charge < -0.3 is 10.2 Å². The summed E-state index contributed by atoms with van der Waals surface area (Å²) in [6.45, 7) is 0. The molecule has 0 saturated heterocycles. The first-order valence-electron chi connectivity index (χ1n) is 7.69. The van der Waals surface area contributed by atoms with Gasteiger partial charge in [0.1, 0.15) is 16.4 Å². The number of nitrogens with zero attached hydrogens (tertiary/aromatic N) is 4. The molecule has 0 aliphatic rings. The van der Waals surface area contributed by atoms with Crippen molar-refractivity contribution in [2.24, 2.45) is 0 Å². The third-order valence-electron chi connectivity index (χ3n) is 3.69. The van der Waals surface area contributed by atoms with E-state index in [0.717, 1.165) is 10.2 Å². The van der Waals surface area contributed by atoms with E-state index in [1.54, 1.807) is 0 Å². The van der Waals surface area contributed by atoms with Gasteiger partial charge in [-0.2, -0.15) is 0 Å². The first kappa shape index (κ1) is 16.7. The molecule has 0 amide bonds. The van der Waals surface area contributed by atoms with Crippen molar-refractivity contribution in [3.63, 3.8) is 0 Å². The topological polar surface area (TPSA) is 126 Å². The van der Waals surface area contributed by atoms with E-state index >= 15 is 0 Å². The van der Waals surface area contributed by atoms with Crippen molar-refractivity contribution in [1.29, 1.82) is 0 Å². The fourth-order valence-electron chi connectivity index (χ4n) is 2.45. The highest BCUT2D eigenvalue weighted by atomic mass is 32.1. The van der Waals surface area contributed by atoms with Crippen LogP contribution < -0.4 is 0 Å². The van der Waals surface area contributed by atoms with Gasteiger partial charge in [0.15, 0.2) is 11.5 Å². The highest BCUT2D eigenvalue weighted by molar-refractivity contribution is 7.21. The summed E-state index contributed by atoms with van der Waals surface area (Å²) >= 11 is 1.37. The van der Waals surface area contributed by atoms with Crippen molar-refractivity contribution in [2.45, 2.75) is 0 Å². The molecule has 4 aromatic rings. The van der Waals surface area contributed by atoms with Gasteiger partial charge in [-0.3, -0.25) is 4.98 Å². The molecule has 0 atom stereocenters. The number of benzene rings is 1. The van der Waals surface area contributed by atoms with E-state index < -0.39 is 11.9 Å². The predicted molar refractivity (Wildman–Crippen MR) is 97.8 cm³/mol. The van der Waals surface area contributed by atoms with Gasteiger partial charge in [-0.15, -0.1) is 11.3 Å². The number of carboxylic acids is 2. The van der Waals surface area contributed by atoms with Crippen LogP contribution in [0.15, 0.2) is 48.7 Å². The molecule has 3 aromatic heterocycles. The summed E-state index contributed by atoms with van der Waals surface area (Å²) in [4.78, 5) is 39.6. The number of hydrogen-bond donors (Lipinski definition) is 2. The van der Waals surface area contributed by atoms with Gasteiger partial charge in [0.25, 0.3) is 0 Å². The first-order chi connectivity index (χ1) is 13.0. The molecule has 0 fully saturated rings. The maximum Gasteiger partial charge on any atom is 0.354 e. The highest BCUT2D eigenvalue weighted by Gasteiger charge is 2.17. The number of carboxylic acid groups (broad SMARTS) is 2. The number of fused-ring (bicyclic) bond motifs is 1. The lowest BCUT2D eigenvalue weighted by Crippen LogP contribution is -2.06. The second-order valence-electron chi connectivity index (χ2n) is 5.49. The van der Waals surface area contributed by atoms with Gasteiger partial charge in [-0.05, 0) is 24.3 Å². The Morgan fingerprint density at radius 2 is 1.70 bits per heavy atom. The van der Waals surface area contributed by atoms with Gasteiger partial charge in [-0.1, -0.05) is 12.1 Å². The third kappa shape index (κ3) is 3.23. The number of hydrogen-bond acceptors (Lipinski definition) is 7. The quantitative estimate of drug-likeness (QED) is 0.554. The fourth-order valence-corrected chi connectivity index (χ4v) is 3.37. The summed E-state index contributed by atoms with van der Waals surface area (Å²) in [6.07, 6.45) is 1.31. The molecule has 0 spiro atoms.